The Morgan fingerprint density at radius 2 is 2.40 bits per heavy atom. The van der Waals surface area contributed by atoms with E-state index in [9.17, 15) is 0 Å². The van der Waals surface area contributed by atoms with Gasteiger partial charge in [0.25, 0.3) is 0 Å². The zero-order valence-corrected chi connectivity index (χ0v) is 10.3. The van der Waals surface area contributed by atoms with Crippen LogP contribution < -0.4 is 5.32 Å². The minimum Gasteiger partial charge on any atom is -0.316 e. The summed E-state index contributed by atoms with van der Waals surface area (Å²) in [5, 5.41) is 5.76. The Hall–Kier alpha value is -0.410. The van der Waals surface area contributed by atoms with E-state index in [1.165, 1.54) is 44.3 Å². The summed E-state index contributed by atoms with van der Waals surface area (Å²) in [4.78, 5) is 4.40. The first-order valence-corrected chi connectivity index (χ1v) is 6.87. The molecule has 0 aliphatic heterocycles. The third-order valence-corrected chi connectivity index (χ3v) is 4.02. The highest BCUT2D eigenvalue weighted by Gasteiger charge is 2.36. The molecule has 15 heavy (non-hydrogen) atoms. The Kier molecular flexibility index (Phi) is 3.76. The molecule has 0 atom stereocenters. The van der Waals surface area contributed by atoms with Crippen molar-refractivity contribution in [3.8, 4) is 0 Å². The Bertz CT molecular complexity index is 278. The van der Waals surface area contributed by atoms with Crippen molar-refractivity contribution in [2.75, 3.05) is 13.1 Å². The lowest BCUT2D eigenvalue weighted by molar-refractivity contribution is 0.129. The van der Waals surface area contributed by atoms with E-state index in [2.05, 4.69) is 22.6 Å². The van der Waals surface area contributed by atoms with E-state index in [0.717, 1.165) is 6.54 Å². The van der Waals surface area contributed by atoms with Crippen LogP contribution in [-0.2, 0) is 6.42 Å². The number of nitrogens with one attached hydrogen (secondary N) is 1. The predicted molar refractivity (Wildman–Crippen MR) is 65.3 cm³/mol. The third-order valence-electron chi connectivity index (χ3n) is 3.38. The van der Waals surface area contributed by atoms with Crippen LogP contribution in [0.5, 0.6) is 0 Å². The van der Waals surface area contributed by atoms with Crippen molar-refractivity contribution in [1.29, 1.82) is 0 Å². The topological polar surface area (TPSA) is 24.9 Å². The van der Waals surface area contributed by atoms with E-state index in [4.69, 9.17) is 0 Å². The van der Waals surface area contributed by atoms with Gasteiger partial charge in [-0.1, -0.05) is 13.3 Å². The van der Waals surface area contributed by atoms with Gasteiger partial charge in [-0.2, -0.15) is 0 Å². The molecule has 1 aliphatic carbocycles. The van der Waals surface area contributed by atoms with Gasteiger partial charge in [-0.05, 0) is 37.6 Å². The lowest BCUT2D eigenvalue weighted by Gasteiger charge is -2.42. The first-order valence-electron chi connectivity index (χ1n) is 5.92. The number of nitrogens with zero attached hydrogens (tertiary/aromatic N) is 1. The summed E-state index contributed by atoms with van der Waals surface area (Å²) >= 11 is 1.71. The molecule has 1 aromatic rings. The highest BCUT2D eigenvalue weighted by Crippen LogP contribution is 2.43. The van der Waals surface area contributed by atoms with Crippen LogP contribution in [0.15, 0.2) is 10.9 Å². The van der Waals surface area contributed by atoms with Crippen LogP contribution in [0.1, 0.15) is 38.3 Å². The molecule has 2 rings (SSSR count). The molecule has 1 N–H and O–H groups in total. The summed E-state index contributed by atoms with van der Waals surface area (Å²) in [5.74, 6) is 0. The maximum absolute atomic E-state index is 4.40. The smallest absolute Gasteiger partial charge is 0.0794 e. The molecule has 3 heteroatoms. The molecule has 1 fully saturated rings. The van der Waals surface area contributed by atoms with Crippen molar-refractivity contribution in [2.45, 2.75) is 39.0 Å². The Morgan fingerprint density at radius 1 is 1.53 bits per heavy atom. The molecular weight excluding hydrogens is 204 g/mol. The highest BCUT2D eigenvalue weighted by atomic mass is 32.1. The fraction of sp³-hybridized carbons (Fsp3) is 0.750. The maximum atomic E-state index is 4.40. The van der Waals surface area contributed by atoms with E-state index in [1.807, 2.05) is 5.51 Å². The second-order valence-corrected chi connectivity index (χ2v) is 5.41. The summed E-state index contributed by atoms with van der Waals surface area (Å²) in [7, 11) is 0. The zero-order chi connectivity index (χ0) is 10.6. The van der Waals surface area contributed by atoms with Gasteiger partial charge in [0, 0.05) is 11.9 Å². The third kappa shape index (κ3) is 2.79. The molecule has 0 bridgehead atoms. The van der Waals surface area contributed by atoms with E-state index >= 15 is 0 Å². The normalized spacial score (nSPS) is 18.7. The molecule has 1 aromatic heterocycles. The van der Waals surface area contributed by atoms with Crippen molar-refractivity contribution >= 4 is 11.3 Å². The minimum atomic E-state index is 0.531. The summed E-state index contributed by atoms with van der Waals surface area (Å²) in [5.41, 5.74) is 3.77. The van der Waals surface area contributed by atoms with Gasteiger partial charge >= 0.3 is 0 Å². The monoisotopic (exact) mass is 224 g/mol. The molecule has 1 saturated carbocycles. The van der Waals surface area contributed by atoms with Crippen LogP contribution in [0.4, 0.5) is 0 Å². The van der Waals surface area contributed by atoms with E-state index in [1.54, 1.807) is 11.3 Å². The first kappa shape index (κ1) is 11.1. The van der Waals surface area contributed by atoms with Crippen molar-refractivity contribution in [1.82, 2.24) is 10.3 Å². The average molecular weight is 224 g/mol. The number of hydrogen-bond acceptors (Lipinski definition) is 3. The molecule has 0 radical (unpaired) electrons. The van der Waals surface area contributed by atoms with Crippen LogP contribution in [-0.4, -0.2) is 18.1 Å². The van der Waals surface area contributed by atoms with E-state index in [-0.39, 0.29) is 0 Å². The quantitative estimate of drug-likeness (QED) is 0.752. The Balaban J connectivity index is 1.85. The molecule has 0 unspecified atom stereocenters. The highest BCUT2D eigenvalue weighted by molar-refractivity contribution is 7.07. The Morgan fingerprint density at radius 3 is 2.93 bits per heavy atom. The molecule has 1 heterocycles. The SMILES string of the molecule is CCCNCC1(Cc2cscn2)CCC1. The Labute approximate surface area is 96.1 Å². The standard InChI is InChI=1S/C12H20N2S/c1-2-6-13-9-12(4-3-5-12)7-11-8-15-10-14-11/h8,10,13H,2-7,9H2,1H3. The molecule has 0 amide bonds. The fourth-order valence-corrected chi connectivity index (χ4v) is 2.89. The van der Waals surface area contributed by atoms with Crippen molar-refractivity contribution in [3.63, 3.8) is 0 Å². The zero-order valence-electron chi connectivity index (χ0n) is 9.46. The molecule has 84 valence electrons. The molecule has 0 aromatic carbocycles. The van der Waals surface area contributed by atoms with Gasteiger partial charge in [0.05, 0.1) is 11.2 Å². The average Bonchev–Trinajstić information content (AvgIpc) is 2.66. The van der Waals surface area contributed by atoms with Gasteiger partial charge in [-0.15, -0.1) is 11.3 Å². The molecule has 0 saturated heterocycles. The lowest BCUT2D eigenvalue weighted by atomic mass is 9.66. The van der Waals surface area contributed by atoms with Gasteiger partial charge in [-0.25, -0.2) is 4.98 Å². The molecule has 2 nitrogen and oxygen atoms in total. The van der Waals surface area contributed by atoms with Gasteiger partial charge < -0.3 is 5.32 Å². The maximum Gasteiger partial charge on any atom is 0.0794 e. The van der Waals surface area contributed by atoms with E-state index < -0.39 is 0 Å². The van der Waals surface area contributed by atoms with Gasteiger partial charge in [0.2, 0.25) is 0 Å². The minimum absolute atomic E-state index is 0.531. The molecular formula is C12H20N2S. The van der Waals surface area contributed by atoms with Crippen molar-refractivity contribution in [2.24, 2.45) is 5.41 Å². The van der Waals surface area contributed by atoms with Crippen LogP contribution in [0.25, 0.3) is 0 Å². The summed E-state index contributed by atoms with van der Waals surface area (Å²) in [6.45, 7) is 4.55. The van der Waals surface area contributed by atoms with Crippen LogP contribution >= 0.6 is 11.3 Å². The summed E-state index contributed by atoms with van der Waals surface area (Å²) in [6, 6.07) is 0. The van der Waals surface area contributed by atoms with E-state index in [0.29, 0.717) is 5.41 Å². The number of hydrogen-bond donors (Lipinski definition) is 1. The number of aromatic nitrogens is 1. The predicted octanol–water partition coefficient (Wildman–Crippen LogP) is 2.86. The van der Waals surface area contributed by atoms with Crippen LogP contribution in [0.2, 0.25) is 0 Å². The summed E-state index contributed by atoms with van der Waals surface area (Å²) < 4.78 is 0. The van der Waals surface area contributed by atoms with Crippen molar-refractivity contribution < 1.29 is 0 Å². The van der Waals surface area contributed by atoms with Crippen LogP contribution in [0.3, 0.4) is 0 Å². The van der Waals surface area contributed by atoms with Crippen LogP contribution in [0, 0.1) is 5.41 Å². The molecule has 1 aliphatic rings. The number of rotatable bonds is 6. The second-order valence-electron chi connectivity index (χ2n) is 4.69. The van der Waals surface area contributed by atoms with Crippen molar-refractivity contribution in [3.05, 3.63) is 16.6 Å². The first-order chi connectivity index (χ1) is 7.35. The van der Waals surface area contributed by atoms with Gasteiger partial charge in [-0.3, -0.25) is 0 Å². The lowest BCUT2D eigenvalue weighted by Crippen LogP contribution is -2.42. The number of thiazole rings is 1. The largest absolute Gasteiger partial charge is 0.316 e. The second kappa shape index (κ2) is 5.08. The van der Waals surface area contributed by atoms with Gasteiger partial charge in [0.1, 0.15) is 0 Å². The fourth-order valence-electron chi connectivity index (χ4n) is 2.33. The summed E-state index contributed by atoms with van der Waals surface area (Å²) in [6.07, 6.45) is 6.56. The molecule has 0 spiro atoms. The van der Waals surface area contributed by atoms with Gasteiger partial charge in [0.15, 0.2) is 0 Å².